The summed E-state index contributed by atoms with van der Waals surface area (Å²) in [6, 6.07) is 15.7. The first-order valence-electron chi connectivity index (χ1n) is 9.62. The van der Waals surface area contributed by atoms with Gasteiger partial charge in [-0.05, 0) is 23.3 Å². The maximum Gasteiger partial charge on any atom is 0.310 e. The summed E-state index contributed by atoms with van der Waals surface area (Å²) in [4.78, 5) is 30.4. The molecular formula is C23H22N2O4. The van der Waals surface area contributed by atoms with E-state index >= 15 is 0 Å². The lowest BCUT2D eigenvalue weighted by molar-refractivity contribution is -0.145. The van der Waals surface area contributed by atoms with Crippen LogP contribution in [0.25, 0.3) is 21.8 Å². The van der Waals surface area contributed by atoms with Gasteiger partial charge >= 0.3 is 11.9 Å². The fourth-order valence-electron chi connectivity index (χ4n) is 3.40. The summed E-state index contributed by atoms with van der Waals surface area (Å²) in [6.45, 7) is 0.448. The van der Waals surface area contributed by atoms with Crippen LogP contribution in [0, 0.1) is 0 Å². The van der Waals surface area contributed by atoms with Gasteiger partial charge in [-0.1, -0.05) is 36.4 Å². The summed E-state index contributed by atoms with van der Waals surface area (Å²) in [5, 5.41) is 2.05. The molecule has 0 aliphatic carbocycles. The molecule has 0 radical (unpaired) electrons. The van der Waals surface area contributed by atoms with E-state index < -0.39 is 0 Å². The maximum absolute atomic E-state index is 12.0. The molecule has 0 bridgehead atoms. The SMILES string of the molecule is O=C(Cc1c[nH]c2ccccc12)OCCCOC(=O)Cc1c[nH]c2ccccc12. The number of ether oxygens (including phenoxy) is 2. The van der Waals surface area contributed by atoms with Crippen molar-refractivity contribution in [2.75, 3.05) is 13.2 Å². The van der Waals surface area contributed by atoms with Gasteiger partial charge in [0, 0.05) is 40.6 Å². The van der Waals surface area contributed by atoms with Crippen molar-refractivity contribution in [1.82, 2.24) is 9.97 Å². The van der Waals surface area contributed by atoms with Crippen molar-refractivity contribution in [2.24, 2.45) is 0 Å². The molecule has 0 saturated heterocycles. The molecule has 0 fully saturated rings. The highest BCUT2D eigenvalue weighted by molar-refractivity contribution is 5.88. The van der Waals surface area contributed by atoms with Crippen molar-refractivity contribution in [3.63, 3.8) is 0 Å². The Kier molecular flexibility index (Phi) is 5.61. The fraction of sp³-hybridized carbons (Fsp3) is 0.217. The number of H-pyrrole nitrogens is 2. The second kappa shape index (κ2) is 8.65. The number of carbonyl (C=O) groups is 2. The van der Waals surface area contributed by atoms with Gasteiger partial charge in [0.25, 0.3) is 0 Å². The Labute approximate surface area is 167 Å². The lowest BCUT2D eigenvalue weighted by Crippen LogP contribution is -2.13. The molecule has 2 N–H and O–H groups in total. The van der Waals surface area contributed by atoms with Crippen LogP contribution in [0.4, 0.5) is 0 Å². The normalized spacial score (nSPS) is 11.0. The zero-order chi connectivity index (χ0) is 20.1. The number of hydrogen-bond donors (Lipinski definition) is 2. The Morgan fingerprint density at radius 2 is 1.14 bits per heavy atom. The molecule has 0 amide bonds. The minimum atomic E-state index is -0.292. The van der Waals surface area contributed by atoms with E-state index in [-0.39, 0.29) is 38.0 Å². The van der Waals surface area contributed by atoms with Crippen molar-refractivity contribution >= 4 is 33.7 Å². The Hall–Kier alpha value is -3.54. The molecule has 0 spiro atoms. The van der Waals surface area contributed by atoms with Gasteiger partial charge < -0.3 is 19.4 Å². The standard InChI is InChI=1S/C23H22N2O4/c26-22(12-16-14-24-20-8-3-1-6-18(16)20)28-10-5-11-29-23(27)13-17-15-25-21-9-4-2-7-19(17)21/h1-4,6-9,14-15,24-25H,5,10-13H2. The summed E-state index contributed by atoms with van der Waals surface area (Å²) in [5.41, 5.74) is 3.82. The Morgan fingerprint density at radius 3 is 1.62 bits per heavy atom. The smallest absolute Gasteiger partial charge is 0.310 e. The van der Waals surface area contributed by atoms with E-state index in [2.05, 4.69) is 9.97 Å². The molecule has 0 unspecified atom stereocenters. The molecule has 0 aliphatic heterocycles. The average molecular weight is 390 g/mol. The Morgan fingerprint density at radius 1 is 0.690 bits per heavy atom. The van der Waals surface area contributed by atoms with Gasteiger partial charge in [-0.2, -0.15) is 0 Å². The molecule has 2 heterocycles. The van der Waals surface area contributed by atoms with Gasteiger partial charge in [0.15, 0.2) is 0 Å². The number of benzene rings is 2. The summed E-state index contributed by atoms with van der Waals surface area (Å²) < 4.78 is 10.5. The highest BCUT2D eigenvalue weighted by Crippen LogP contribution is 2.19. The fourth-order valence-corrected chi connectivity index (χ4v) is 3.40. The zero-order valence-electron chi connectivity index (χ0n) is 15.9. The van der Waals surface area contributed by atoms with Gasteiger partial charge in [-0.25, -0.2) is 0 Å². The average Bonchev–Trinajstić information content (AvgIpc) is 3.32. The van der Waals surface area contributed by atoms with Crippen LogP contribution in [0.5, 0.6) is 0 Å². The van der Waals surface area contributed by atoms with Crippen LogP contribution in [0.1, 0.15) is 17.5 Å². The van der Waals surface area contributed by atoms with Gasteiger partial charge in [-0.15, -0.1) is 0 Å². The minimum Gasteiger partial charge on any atom is -0.465 e. The monoisotopic (exact) mass is 390 g/mol. The quantitative estimate of drug-likeness (QED) is 0.353. The highest BCUT2D eigenvalue weighted by Gasteiger charge is 2.11. The van der Waals surface area contributed by atoms with Crippen molar-refractivity contribution in [1.29, 1.82) is 0 Å². The number of rotatable bonds is 8. The van der Waals surface area contributed by atoms with Gasteiger partial charge in [0.1, 0.15) is 0 Å². The van der Waals surface area contributed by atoms with Crippen LogP contribution < -0.4 is 0 Å². The van der Waals surface area contributed by atoms with Crippen LogP contribution in [0.3, 0.4) is 0 Å². The van der Waals surface area contributed by atoms with E-state index in [0.717, 1.165) is 32.9 Å². The Bertz CT molecular complexity index is 1050. The summed E-state index contributed by atoms with van der Waals surface area (Å²) in [7, 11) is 0. The molecule has 6 heteroatoms. The molecule has 29 heavy (non-hydrogen) atoms. The van der Waals surface area contributed by atoms with Crippen molar-refractivity contribution < 1.29 is 19.1 Å². The third-order valence-electron chi connectivity index (χ3n) is 4.83. The second-order valence-corrected chi connectivity index (χ2v) is 6.87. The Balaban J connectivity index is 1.17. The minimum absolute atomic E-state index is 0.213. The first-order valence-corrected chi connectivity index (χ1v) is 9.62. The number of aromatic nitrogens is 2. The molecule has 2 aromatic heterocycles. The van der Waals surface area contributed by atoms with E-state index in [0.29, 0.717) is 6.42 Å². The van der Waals surface area contributed by atoms with Crippen molar-refractivity contribution in [3.8, 4) is 0 Å². The molecule has 0 aliphatic rings. The zero-order valence-corrected chi connectivity index (χ0v) is 15.9. The van der Waals surface area contributed by atoms with Gasteiger partial charge in [-0.3, -0.25) is 9.59 Å². The number of carbonyl (C=O) groups excluding carboxylic acids is 2. The van der Waals surface area contributed by atoms with Gasteiger partial charge in [0.2, 0.25) is 0 Å². The van der Waals surface area contributed by atoms with Crippen molar-refractivity contribution in [3.05, 3.63) is 72.1 Å². The molecule has 4 rings (SSSR count). The number of hydrogen-bond acceptors (Lipinski definition) is 4. The predicted molar refractivity (Wildman–Crippen MR) is 111 cm³/mol. The third kappa shape index (κ3) is 4.48. The number of esters is 2. The summed E-state index contributed by atoms with van der Waals surface area (Å²) >= 11 is 0. The molecule has 4 aromatic rings. The number of fused-ring (bicyclic) bond motifs is 2. The van der Waals surface area contributed by atoms with Crippen LogP contribution in [-0.2, 0) is 31.9 Å². The van der Waals surface area contributed by atoms with Crippen LogP contribution in [-0.4, -0.2) is 35.1 Å². The molecule has 0 saturated carbocycles. The predicted octanol–water partition coefficient (Wildman–Crippen LogP) is 3.91. The number of aromatic amines is 2. The topological polar surface area (TPSA) is 84.2 Å². The molecule has 148 valence electrons. The molecule has 6 nitrogen and oxygen atoms in total. The molecule has 0 atom stereocenters. The molecule has 2 aromatic carbocycles. The van der Waals surface area contributed by atoms with E-state index in [9.17, 15) is 9.59 Å². The van der Waals surface area contributed by atoms with Crippen LogP contribution in [0.15, 0.2) is 60.9 Å². The second-order valence-electron chi connectivity index (χ2n) is 6.87. The lowest BCUT2D eigenvalue weighted by Gasteiger charge is -2.06. The van der Waals surface area contributed by atoms with E-state index in [1.807, 2.05) is 60.9 Å². The van der Waals surface area contributed by atoms with Crippen molar-refractivity contribution in [2.45, 2.75) is 19.3 Å². The highest BCUT2D eigenvalue weighted by atomic mass is 16.5. The molecular weight excluding hydrogens is 368 g/mol. The largest absolute Gasteiger partial charge is 0.465 e. The summed E-state index contributed by atoms with van der Waals surface area (Å²) in [5.74, 6) is -0.584. The van der Waals surface area contributed by atoms with Crippen LogP contribution in [0.2, 0.25) is 0 Å². The van der Waals surface area contributed by atoms with Crippen LogP contribution >= 0.6 is 0 Å². The van der Waals surface area contributed by atoms with E-state index in [4.69, 9.17) is 9.47 Å². The first kappa shape index (κ1) is 18.8. The first-order chi connectivity index (χ1) is 14.2. The number of nitrogens with one attached hydrogen (secondary N) is 2. The lowest BCUT2D eigenvalue weighted by atomic mass is 10.1. The van der Waals surface area contributed by atoms with E-state index in [1.165, 1.54) is 0 Å². The third-order valence-corrected chi connectivity index (χ3v) is 4.83. The maximum atomic E-state index is 12.0. The van der Waals surface area contributed by atoms with E-state index in [1.54, 1.807) is 0 Å². The number of para-hydroxylation sites is 2. The summed E-state index contributed by atoms with van der Waals surface area (Å²) in [6.07, 6.45) is 4.56. The van der Waals surface area contributed by atoms with Gasteiger partial charge in [0.05, 0.1) is 26.1 Å².